The zero-order valence-electron chi connectivity index (χ0n) is 11.5. The van der Waals surface area contributed by atoms with E-state index >= 15 is 0 Å². The van der Waals surface area contributed by atoms with Crippen LogP contribution < -0.4 is 0 Å². The van der Waals surface area contributed by atoms with Gasteiger partial charge in [0, 0.05) is 18.4 Å². The predicted octanol–water partition coefficient (Wildman–Crippen LogP) is 1.73. The number of amides is 1. The molecule has 2 rings (SSSR count). The topological polar surface area (TPSA) is 97.2 Å². The van der Waals surface area contributed by atoms with E-state index in [4.69, 9.17) is 10.4 Å². The Balaban J connectivity index is 2.18. The standard InChI is InChI=1S/C14H15N3O3S/c1-2-17-12(18)11(6-5-9-4-3-7-16-9)21-13(17)10(8-15)14(19)20/h3-4,7,11,16H,2,5-6H2,1H3,(H,19,20)/b13-10-. The fraction of sp³-hybridized carbons (Fsp3) is 0.357. The second-order valence-corrected chi connectivity index (χ2v) is 5.71. The molecule has 1 fully saturated rings. The summed E-state index contributed by atoms with van der Waals surface area (Å²) in [7, 11) is 0. The Morgan fingerprint density at radius 2 is 2.38 bits per heavy atom. The van der Waals surface area contributed by atoms with Crippen LogP contribution in [0.4, 0.5) is 0 Å². The number of carboxylic acid groups (broad SMARTS) is 1. The lowest BCUT2D eigenvalue weighted by atomic mass is 10.1. The monoisotopic (exact) mass is 305 g/mol. The molecule has 1 unspecified atom stereocenters. The number of carbonyl (C=O) groups excluding carboxylic acids is 1. The molecule has 7 heteroatoms. The summed E-state index contributed by atoms with van der Waals surface area (Å²) in [6, 6.07) is 5.51. The van der Waals surface area contributed by atoms with E-state index in [9.17, 15) is 9.59 Å². The highest BCUT2D eigenvalue weighted by molar-refractivity contribution is 8.04. The Morgan fingerprint density at radius 1 is 1.62 bits per heavy atom. The number of aromatic amines is 1. The van der Waals surface area contributed by atoms with Crippen LogP contribution in [0.1, 0.15) is 19.0 Å². The number of nitrogens with one attached hydrogen (secondary N) is 1. The average Bonchev–Trinajstić information content (AvgIpc) is 3.05. The third-order valence-electron chi connectivity index (χ3n) is 3.23. The van der Waals surface area contributed by atoms with Crippen molar-refractivity contribution >= 4 is 23.6 Å². The van der Waals surface area contributed by atoms with Crippen LogP contribution in [0.25, 0.3) is 0 Å². The van der Waals surface area contributed by atoms with Crippen molar-refractivity contribution in [1.82, 2.24) is 9.88 Å². The number of carbonyl (C=O) groups is 2. The molecule has 1 atom stereocenters. The average molecular weight is 305 g/mol. The summed E-state index contributed by atoms with van der Waals surface area (Å²) in [5, 5.41) is 18.0. The molecule has 0 radical (unpaired) electrons. The van der Waals surface area contributed by atoms with E-state index in [0.29, 0.717) is 19.4 Å². The highest BCUT2D eigenvalue weighted by Gasteiger charge is 2.38. The largest absolute Gasteiger partial charge is 0.477 e. The molecule has 1 saturated heterocycles. The van der Waals surface area contributed by atoms with Gasteiger partial charge in [-0.15, -0.1) is 0 Å². The molecule has 2 N–H and O–H groups in total. The van der Waals surface area contributed by atoms with Crippen LogP contribution in [-0.4, -0.2) is 38.7 Å². The van der Waals surface area contributed by atoms with Crippen LogP contribution in [0.3, 0.4) is 0 Å². The van der Waals surface area contributed by atoms with E-state index in [-0.39, 0.29) is 21.8 Å². The minimum atomic E-state index is -1.30. The summed E-state index contributed by atoms with van der Waals surface area (Å²) in [6.07, 6.45) is 3.12. The lowest BCUT2D eigenvalue weighted by molar-refractivity contribution is -0.132. The Labute approximate surface area is 126 Å². The highest BCUT2D eigenvalue weighted by Crippen LogP contribution is 2.39. The van der Waals surface area contributed by atoms with E-state index in [0.717, 1.165) is 5.69 Å². The third kappa shape index (κ3) is 3.11. The van der Waals surface area contributed by atoms with Gasteiger partial charge >= 0.3 is 5.97 Å². The Morgan fingerprint density at radius 3 is 2.90 bits per heavy atom. The number of nitriles is 1. The highest BCUT2D eigenvalue weighted by atomic mass is 32.2. The molecule has 1 aliphatic heterocycles. The van der Waals surface area contributed by atoms with Crippen molar-refractivity contribution in [3.05, 3.63) is 34.6 Å². The number of aryl methyl sites for hydroxylation is 1. The first-order valence-corrected chi connectivity index (χ1v) is 7.44. The third-order valence-corrected chi connectivity index (χ3v) is 4.60. The Kier molecular flexibility index (Phi) is 4.70. The molecule has 0 aliphatic carbocycles. The maximum absolute atomic E-state index is 12.3. The molecule has 1 amide bonds. The van der Waals surface area contributed by atoms with Gasteiger partial charge in [0.2, 0.25) is 5.91 Å². The van der Waals surface area contributed by atoms with E-state index in [1.807, 2.05) is 18.3 Å². The van der Waals surface area contributed by atoms with Crippen LogP contribution in [0, 0.1) is 11.3 Å². The van der Waals surface area contributed by atoms with Gasteiger partial charge < -0.3 is 15.0 Å². The maximum atomic E-state index is 12.3. The van der Waals surface area contributed by atoms with Crippen LogP contribution >= 0.6 is 11.8 Å². The Bertz CT molecular complexity index is 616. The zero-order chi connectivity index (χ0) is 15.4. The van der Waals surface area contributed by atoms with Gasteiger partial charge in [-0.3, -0.25) is 4.79 Å². The summed E-state index contributed by atoms with van der Waals surface area (Å²) in [5.74, 6) is -1.42. The molecule has 0 spiro atoms. The molecule has 6 nitrogen and oxygen atoms in total. The van der Waals surface area contributed by atoms with E-state index in [2.05, 4.69) is 4.98 Å². The normalized spacial score (nSPS) is 20.5. The lowest BCUT2D eigenvalue weighted by Gasteiger charge is -2.14. The van der Waals surface area contributed by atoms with Crippen LogP contribution in [0.15, 0.2) is 28.9 Å². The quantitative estimate of drug-likeness (QED) is 0.638. The number of H-pyrrole nitrogens is 1. The van der Waals surface area contributed by atoms with Crippen molar-refractivity contribution in [1.29, 1.82) is 5.26 Å². The fourth-order valence-electron chi connectivity index (χ4n) is 2.20. The fourth-order valence-corrected chi connectivity index (χ4v) is 3.53. The van der Waals surface area contributed by atoms with Crippen LogP contribution in [-0.2, 0) is 16.0 Å². The van der Waals surface area contributed by atoms with Crippen molar-refractivity contribution < 1.29 is 14.7 Å². The van der Waals surface area contributed by atoms with Crippen molar-refractivity contribution in [3.8, 4) is 6.07 Å². The van der Waals surface area contributed by atoms with Crippen molar-refractivity contribution in [3.63, 3.8) is 0 Å². The smallest absolute Gasteiger partial charge is 0.349 e. The van der Waals surface area contributed by atoms with E-state index in [1.165, 1.54) is 16.7 Å². The van der Waals surface area contributed by atoms with Crippen LogP contribution in [0.2, 0.25) is 0 Å². The first-order valence-electron chi connectivity index (χ1n) is 6.56. The number of thioether (sulfide) groups is 1. The number of aromatic nitrogens is 1. The second kappa shape index (κ2) is 6.50. The number of nitrogens with zero attached hydrogens (tertiary/aromatic N) is 2. The second-order valence-electron chi connectivity index (χ2n) is 4.52. The zero-order valence-corrected chi connectivity index (χ0v) is 12.3. The molecule has 110 valence electrons. The maximum Gasteiger partial charge on any atom is 0.349 e. The minimum Gasteiger partial charge on any atom is -0.477 e. The van der Waals surface area contributed by atoms with Gasteiger partial charge in [-0.05, 0) is 31.9 Å². The van der Waals surface area contributed by atoms with E-state index in [1.54, 1.807) is 13.0 Å². The van der Waals surface area contributed by atoms with Gasteiger partial charge in [0.15, 0.2) is 5.57 Å². The summed E-state index contributed by atoms with van der Waals surface area (Å²) in [4.78, 5) is 27.9. The number of hydrogen-bond acceptors (Lipinski definition) is 4. The van der Waals surface area contributed by atoms with E-state index < -0.39 is 5.97 Å². The molecule has 2 heterocycles. The summed E-state index contributed by atoms with van der Waals surface area (Å²) >= 11 is 1.17. The van der Waals surface area contributed by atoms with Gasteiger partial charge in [0.25, 0.3) is 0 Å². The first kappa shape index (κ1) is 15.2. The Hall–Kier alpha value is -2.20. The summed E-state index contributed by atoms with van der Waals surface area (Å²) in [5.41, 5.74) is 0.667. The van der Waals surface area contributed by atoms with Gasteiger partial charge in [-0.1, -0.05) is 11.8 Å². The van der Waals surface area contributed by atoms with Gasteiger partial charge in [-0.2, -0.15) is 5.26 Å². The first-order chi connectivity index (χ1) is 10.1. The van der Waals surface area contributed by atoms with Gasteiger partial charge in [-0.25, -0.2) is 4.79 Å². The van der Waals surface area contributed by atoms with Crippen LogP contribution in [0.5, 0.6) is 0 Å². The minimum absolute atomic E-state index is 0.127. The predicted molar refractivity (Wildman–Crippen MR) is 78.2 cm³/mol. The number of aliphatic carboxylic acids is 1. The molecule has 1 aromatic rings. The number of carboxylic acids is 1. The molecule has 0 bridgehead atoms. The van der Waals surface area contributed by atoms with Crippen molar-refractivity contribution in [2.24, 2.45) is 0 Å². The number of rotatable bonds is 5. The molecular weight excluding hydrogens is 290 g/mol. The molecule has 1 aliphatic rings. The molecule has 0 saturated carbocycles. The SMILES string of the molecule is CCN1C(=O)C(CCc2ccc[nH]2)S/C1=C(/C#N)C(=O)O. The van der Waals surface area contributed by atoms with Gasteiger partial charge in [0.05, 0.1) is 5.25 Å². The summed E-state index contributed by atoms with van der Waals surface area (Å²) < 4.78 is 0. The van der Waals surface area contributed by atoms with Crippen molar-refractivity contribution in [2.75, 3.05) is 6.54 Å². The van der Waals surface area contributed by atoms with Gasteiger partial charge in [0.1, 0.15) is 11.1 Å². The molecule has 1 aromatic heterocycles. The molecule has 21 heavy (non-hydrogen) atoms. The summed E-state index contributed by atoms with van der Waals surface area (Å²) in [6.45, 7) is 2.13. The lowest BCUT2D eigenvalue weighted by Crippen LogP contribution is -2.29. The van der Waals surface area contributed by atoms with Crippen molar-refractivity contribution in [2.45, 2.75) is 25.0 Å². The number of hydrogen-bond donors (Lipinski definition) is 2. The molecule has 0 aromatic carbocycles. The molecular formula is C14H15N3O3S.